The molecule has 0 aliphatic carbocycles. The predicted octanol–water partition coefficient (Wildman–Crippen LogP) is 3.03. The number of aliphatic imine (C=N–C) groups is 1. The minimum atomic E-state index is -0.135. The number of hydrazine groups is 1. The Morgan fingerprint density at radius 2 is 2.09 bits per heavy atom. The molecule has 6 nitrogen and oxygen atoms in total. The number of rotatable bonds is 3. The van der Waals surface area contributed by atoms with Crippen LogP contribution in [0.25, 0.3) is 0 Å². The molecular weight excluding hydrogens is 337 g/mol. The van der Waals surface area contributed by atoms with Gasteiger partial charge in [0.25, 0.3) is 0 Å². The van der Waals surface area contributed by atoms with Crippen molar-refractivity contribution in [1.82, 2.24) is 15.4 Å². The number of aryl methyl sites for hydroxylation is 1. The Kier molecular flexibility index (Phi) is 4.66. The Hall–Kier alpha value is -1.89. The second-order valence-corrected chi connectivity index (χ2v) is 5.91. The smallest absolute Gasteiger partial charge is 0.157 e. The van der Waals surface area contributed by atoms with Gasteiger partial charge in [-0.2, -0.15) is 0 Å². The number of nitrogens with zero attached hydrogens (tertiary/aromatic N) is 4. The molecule has 0 saturated carbocycles. The van der Waals surface area contributed by atoms with Gasteiger partial charge in [-0.05, 0) is 25.1 Å². The van der Waals surface area contributed by atoms with Gasteiger partial charge in [-0.3, -0.25) is 10.4 Å². The number of nitrogens with one attached hydrogen (secondary N) is 1. The van der Waals surface area contributed by atoms with Crippen LogP contribution in [0.1, 0.15) is 17.9 Å². The summed E-state index contributed by atoms with van der Waals surface area (Å²) < 4.78 is 0. The molecule has 1 saturated heterocycles. The highest BCUT2D eigenvalue weighted by atomic mass is 35.5. The van der Waals surface area contributed by atoms with Crippen molar-refractivity contribution in [3.8, 4) is 0 Å². The summed E-state index contributed by atoms with van der Waals surface area (Å²) in [5, 5.41) is 12.2. The van der Waals surface area contributed by atoms with E-state index in [1.165, 1.54) is 0 Å². The summed E-state index contributed by atoms with van der Waals surface area (Å²) in [4.78, 5) is 12.9. The first-order valence-corrected chi connectivity index (χ1v) is 7.83. The van der Waals surface area contributed by atoms with Crippen LogP contribution in [0.2, 0.25) is 10.0 Å². The number of anilines is 1. The second-order valence-electron chi connectivity index (χ2n) is 5.09. The zero-order chi connectivity index (χ0) is 16.4. The highest BCUT2D eigenvalue weighted by Crippen LogP contribution is 2.27. The van der Waals surface area contributed by atoms with Crippen LogP contribution in [0.3, 0.4) is 0 Å². The number of aliphatic hydroxyl groups is 1. The standard InChI is InChI=1S/C15H15Cl2N5O/c1-9-18-10(8-23)6-15(19-9)20-14-4-5-22(21-14)11-2-3-12(16)13(17)7-11/h2-3,6-7,23H,4-5,8H2,1H3,(H,18,19,20,21). The lowest BCUT2D eigenvalue weighted by atomic mass is 10.3. The minimum absolute atomic E-state index is 0.135. The second kappa shape index (κ2) is 6.70. The average Bonchev–Trinajstić information content (AvgIpc) is 2.98. The number of amidine groups is 1. The molecule has 1 aliphatic rings. The van der Waals surface area contributed by atoms with E-state index in [0.717, 1.165) is 24.5 Å². The van der Waals surface area contributed by atoms with Gasteiger partial charge in [-0.25, -0.2) is 15.0 Å². The molecule has 2 aromatic rings. The lowest BCUT2D eigenvalue weighted by molar-refractivity contribution is 0.276. The fraction of sp³-hybridized carbons (Fsp3) is 0.267. The van der Waals surface area contributed by atoms with Crippen LogP contribution in [0.5, 0.6) is 0 Å². The third kappa shape index (κ3) is 3.72. The monoisotopic (exact) mass is 351 g/mol. The van der Waals surface area contributed by atoms with E-state index in [1.54, 1.807) is 25.1 Å². The van der Waals surface area contributed by atoms with E-state index < -0.39 is 0 Å². The number of halogens is 2. The molecule has 120 valence electrons. The summed E-state index contributed by atoms with van der Waals surface area (Å²) in [6.07, 6.45) is 0.748. The van der Waals surface area contributed by atoms with Crippen molar-refractivity contribution in [1.29, 1.82) is 0 Å². The van der Waals surface area contributed by atoms with Crippen molar-refractivity contribution in [3.05, 3.63) is 45.8 Å². The molecule has 0 bridgehead atoms. The number of hydrogen-bond donors (Lipinski definition) is 2. The molecule has 8 heteroatoms. The molecular formula is C15H15Cl2N5O. The molecule has 2 heterocycles. The Labute approximate surface area is 143 Å². The van der Waals surface area contributed by atoms with Crippen LogP contribution in [-0.4, -0.2) is 27.5 Å². The molecule has 0 atom stereocenters. The zero-order valence-corrected chi connectivity index (χ0v) is 13.9. The molecule has 0 unspecified atom stereocenters. The van der Waals surface area contributed by atoms with Gasteiger partial charge < -0.3 is 5.11 Å². The third-order valence-corrected chi connectivity index (χ3v) is 4.08. The summed E-state index contributed by atoms with van der Waals surface area (Å²) in [6.45, 7) is 2.39. The van der Waals surface area contributed by atoms with Crippen molar-refractivity contribution in [2.45, 2.75) is 20.0 Å². The van der Waals surface area contributed by atoms with E-state index in [1.807, 2.05) is 11.1 Å². The quantitative estimate of drug-likeness (QED) is 0.888. The maximum Gasteiger partial charge on any atom is 0.157 e. The largest absolute Gasteiger partial charge is 0.390 e. The summed E-state index contributed by atoms with van der Waals surface area (Å²) in [5.41, 5.74) is 4.69. The molecule has 1 aromatic carbocycles. The number of benzene rings is 1. The number of aliphatic hydroxyl groups excluding tert-OH is 1. The van der Waals surface area contributed by atoms with Crippen LogP contribution < -0.4 is 10.4 Å². The lowest BCUT2D eigenvalue weighted by Gasteiger charge is -2.18. The summed E-state index contributed by atoms with van der Waals surface area (Å²) >= 11 is 12.0. The normalized spacial score (nSPS) is 16.0. The van der Waals surface area contributed by atoms with E-state index in [9.17, 15) is 5.11 Å². The first-order valence-electron chi connectivity index (χ1n) is 7.07. The molecule has 0 radical (unpaired) electrons. The fourth-order valence-electron chi connectivity index (χ4n) is 2.30. The first kappa shape index (κ1) is 16.0. The van der Waals surface area contributed by atoms with Crippen molar-refractivity contribution in [3.63, 3.8) is 0 Å². The third-order valence-electron chi connectivity index (χ3n) is 3.34. The van der Waals surface area contributed by atoms with Gasteiger partial charge in [0.2, 0.25) is 0 Å². The molecule has 1 aliphatic heterocycles. The highest BCUT2D eigenvalue weighted by Gasteiger charge is 2.18. The number of aromatic nitrogens is 2. The van der Waals surface area contributed by atoms with Crippen LogP contribution in [0.4, 0.5) is 11.5 Å². The minimum Gasteiger partial charge on any atom is -0.390 e. The topological polar surface area (TPSA) is 73.6 Å². The van der Waals surface area contributed by atoms with Crippen molar-refractivity contribution >= 4 is 40.5 Å². The lowest BCUT2D eigenvalue weighted by Crippen LogP contribution is -2.33. The molecule has 2 N–H and O–H groups in total. The van der Waals surface area contributed by atoms with Crippen LogP contribution in [-0.2, 0) is 6.61 Å². The SMILES string of the molecule is Cc1nc(CO)cc(N=C2CCN(c3ccc(Cl)c(Cl)c3)N2)n1. The summed E-state index contributed by atoms with van der Waals surface area (Å²) in [6, 6.07) is 7.13. The maximum atomic E-state index is 9.20. The van der Waals surface area contributed by atoms with E-state index in [4.69, 9.17) is 23.2 Å². The Balaban J connectivity index is 1.79. The van der Waals surface area contributed by atoms with Crippen molar-refractivity contribution < 1.29 is 5.11 Å². The fourth-order valence-corrected chi connectivity index (χ4v) is 2.59. The molecule has 0 amide bonds. The van der Waals surface area contributed by atoms with E-state index in [0.29, 0.717) is 27.4 Å². The highest BCUT2D eigenvalue weighted by molar-refractivity contribution is 6.42. The van der Waals surface area contributed by atoms with Gasteiger partial charge in [0.15, 0.2) is 5.82 Å². The van der Waals surface area contributed by atoms with E-state index >= 15 is 0 Å². The molecule has 23 heavy (non-hydrogen) atoms. The molecule has 3 rings (SSSR count). The number of hydrogen-bond acceptors (Lipinski definition) is 5. The van der Waals surface area contributed by atoms with Gasteiger partial charge in [0.1, 0.15) is 11.7 Å². The Morgan fingerprint density at radius 1 is 1.26 bits per heavy atom. The summed E-state index contributed by atoms with van der Waals surface area (Å²) in [7, 11) is 0. The van der Waals surface area contributed by atoms with Gasteiger partial charge in [-0.15, -0.1) is 0 Å². The molecule has 1 fully saturated rings. The summed E-state index contributed by atoms with van der Waals surface area (Å²) in [5.74, 6) is 1.90. The maximum absolute atomic E-state index is 9.20. The van der Waals surface area contributed by atoms with Crippen molar-refractivity contribution in [2.24, 2.45) is 4.99 Å². The van der Waals surface area contributed by atoms with Crippen molar-refractivity contribution in [2.75, 3.05) is 11.6 Å². The van der Waals surface area contributed by atoms with Gasteiger partial charge in [0.05, 0.1) is 28.0 Å². The van der Waals surface area contributed by atoms with Gasteiger partial charge in [-0.1, -0.05) is 23.2 Å². The van der Waals surface area contributed by atoms with Gasteiger partial charge in [0, 0.05) is 19.0 Å². The van der Waals surface area contributed by atoms with Gasteiger partial charge >= 0.3 is 0 Å². The first-order chi connectivity index (χ1) is 11.0. The van der Waals surface area contributed by atoms with Crippen LogP contribution >= 0.6 is 23.2 Å². The Morgan fingerprint density at radius 3 is 2.83 bits per heavy atom. The van der Waals surface area contributed by atoms with Crippen LogP contribution in [0, 0.1) is 6.92 Å². The molecule has 1 aromatic heterocycles. The molecule has 0 spiro atoms. The average molecular weight is 352 g/mol. The predicted molar refractivity (Wildman–Crippen MR) is 91.3 cm³/mol. The zero-order valence-electron chi connectivity index (χ0n) is 12.4. The van der Waals surface area contributed by atoms with E-state index in [2.05, 4.69) is 20.4 Å². The van der Waals surface area contributed by atoms with E-state index in [-0.39, 0.29) is 6.61 Å². The van der Waals surface area contributed by atoms with Crippen LogP contribution in [0.15, 0.2) is 29.3 Å². The Bertz CT molecular complexity index is 766.